The fourth-order valence-corrected chi connectivity index (χ4v) is 11.1. The van der Waals surface area contributed by atoms with E-state index in [4.69, 9.17) is 4.74 Å². The van der Waals surface area contributed by atoms with Gasteiger partial charge in [-0.1, -0.05) is 128 Å². The molecule has 0 aromatic heterocycles. The van der Waals surface area contributed by atoms with Gasteiger partial charge >= 0.3 is 0 Å². The second kappa shape index (κ2) is 14.3. The first-order chi connectivity index (χ1) is 27.0. The number of hydrogen-bond acceptors (Lipinski definition) is 3. The average molecular weight is 765 g/mol. The molecule has 6 aromatic rings. The summed E-state index contributed by atoms with van der Waals surface area (Å²) in [6.45, 7) is 16.6. The molecule has 0 saturated heterocycles. The lowest BCUT2D eigenvalue weighted by Gasteiger charge is -2.34. The molecule has 1 heterocycles. The van der Waals surface area contributed by atoms with E-state index in [0.717, 1.165) is 17.9 Å². The van der Waals surface area contributed by atoms with Crippen molar-refractivity contribution in [2.45, 2.75) is 71.1 Å². The maximum atomic E-state index is 6.91. The number of para-hydroxylation sites is 1. The van der Waals surface area contributed by atoms with E-state index in [-0.39, 0.29) is 18.1 Å². The van der Waals surface area contributed by atoms with Crippen LogP contribution in [0.1, 0.15) is 29.0 Å². The van der Waals surface area contributed by atoms with Crippen molar-refractivity contribution in [2.75, 3.05) is 9.80 Å². The highest BCUT2D eigenvalue weighted by Gasteiger charge is 2.34. The van der Waals surface area contributed by atoms with E-state index in [9.17, 15) is 0 Å². The molecule has 0 saturated carbocycles. The summed E-state index contributed by atoms with van der Waals surface area (Å²) in [6.07, 6.45) is 14.8. The van der Waals surface area contributed by atoms with Crippen molar-refractivity contribution in [1.82, 2.24) is 0 Å². The van der Waals surface area contributed by atoms with Crippen LogP contribution in [-0.2, 0) is 0 Å². The van der Waals surface area contributed by atoms with Gasteiger partial charge in [0.2, 0.25) is 0 Å². The number of rotatable bonds is 8. The highest BCUT2D eigenvalue weighted by Crippen LogP contribution is 2.46. The fraction of sp³-hybridized carbons (Fsp3) is 0.216. The van der Waals surface area contributed by atoms with Crippen LogP contribution in [0.15, 0.2) is 140 Å². The van der Waals surface area contributed by atoms with Crippen LogP contribution in [0.5, 0.6) is 5.75 Å². The van der Waals surface area contributed by atoms with Gasteiger partial charge in [0.1, 0.15) is 11.9 Å². The van der Waals surface area contributed by atoms with Gasteiger partial charge in [-0.05, 0) is 119 Å². The lowest BCUT2D eigenvalue weighted by Crippen LogP contribution is -2.39. The molecular weight excluding hydrogens is 713 g/mol. The zero-order chi connectivity index (χ0) is 38.7. The van der Waals surface area contributed by atoms with Gasteiger partial charge in [0.15, 0.2) is 0 Å². The second-order valence-electron chi connectivity index (χ2n) is 17.2. The predicted octanol–water partition coefficient (Wildman–Crippen LogP) is 10.3. The van der Waals surface area contributed by atoms with Gasteiger partial charge in [-0.25, -0.2) is 0 Å². The zero-order valence-electron chi connectivity index (χ0n) is 33.8. The monoisotopic (exact) mass is 764 g/mol. The zero-order valence-corrected chi connectivity index (χ0v) is 35.9. The maximum Gasteiger partial charge on any atom is 0.128 e. The smallest absolute Gasteiger partial charge is 0.128 e. The molecule has 0 N–H and O–H groups in total. The molecule has 6 aromatic carbocycles. The Balaban J connectivity index is 1.09. The lowest BCUT2D eigenvalue weighted by atomic mass is 9.87. The van der Waals surface area contributed by atoms with E-state index in [1.165, 1.54) is 71.0 Å². The largest absolute Gasteiger partial charge is 0.485 e. The second-order valence-corrected chi connectivity index (χ2v) is 25.2. The number of nitrogens with zero attached hydrogens (tertiary/aromatic N) is 2. The molecule has 3 aliphatic rings. The summed E-state index contributed by atoms with van der Waals surface area (Å²) in [5, 5.41) is 8.01. The molecule has 3 atom stereocenters. The van der Waals surface area contributed by atoms with E-state index in [0.29, 0.717) is 0 Å². The molecule has 56 heavy (non-hydrogen) atoms. The fourth-order valence-electron chi connectivity index (χ4n) is 8.96. The molecule has 280 valence electrons. The number of hydrogen-bond donors (Lipinski definition) is 0. The van der Waals surface area contributed by atoms with E-state index < -0.39 is 16.9 Å². The summed E-state index contributed by atoms with van der Waals surface area (Å²) in [4.78, 5) is 4.94. The summed E-state index contributed by atoms with van der Waals surface area (Å²) in [5.74, 6) is 1.17. The van der Waals surface area contributed by atoms with E-state index in [2.05, 4.69) is 208 Å². The molecule has 9 rings (SSSR count). The number of ether oxygens (including phenoxy) is 1. The summed E-state index contributed by atoms with van der Waals surface area (Å²) in [7, 11) is -2.30. The first-order valence-corrected chi connectivity index (χ1v) is 26.7. The molecule has 3 nitrogen and oxygen atoms in total. The molecule has 0 bridgehead atoms. The normalized spacial score (nSPS) is 18.1. The average Bonchev–Trinajstić information content (AvgIpc) is 3.56. The third-order valence-electron chi connectivity index (χ3n) is 12.2. The standard InChI is InChI=1S/C51H52N2OSi2/c1-34-44-32-50-46(30-36(44)18-28-48(34)52(38-14-10-8-11-15-38)40-20-24-42(25-21-40)55(3)4)47-31-37-19-29-49(35(2)45(37)33-51(47)54-50)53(39-16-12-9-13-17-39)41-22-26-43(27-23-41)56(5,6)7/h8-16,18-33,39,47,51,55H,17H2,1-7H3. The van der Waals surface area contributed by atoms with E-state index >= 15 is 0 Å². The van der Waals surface area contributed by atoms with Gasteiger partial charge in [0.05, 0.1) is 22.9 Å². The first kappa shape index (κ1) is 36.3. The van der Waals surface area contributed by atoms with E-state index in [1.807, 2.05) is 0 Å². The number of allylic oxidation sites excluding steroid dienone is 2. The van der Waals surface area contributed by atoms with Crippen molar-refractivity contribution in [2.24, 2.45) is 0 Å². The molecule has 0 spiro atoms. The van der Waals surface area contributed by atoms with Crippen molar-refractivity contribution < 1.29 is 4.74 Å². The first-order valence-electron chi connectivity index (χ1n) is 20.3. The molecule has 0 radical (unpaired) electrons. The molecule has 0 amide bonds. The van der Waals surface area contributed by atoms with Crippen LogP contribution in [-0.4, -0.2) is 29.0 Å². The molecule has 5 heteroatoms. The van der Waals surface area contributed by atoms with Gasteiger partial charge in [-0.15, -0.1) is 0 Å². The Morgan fingerprint density at radius 2 is 1.41 bits per heavy atom. The third kappa shape index (κ3) is 6.47. The number of anilines is 5. The quantitative estimate of drug-likeness (QED) is 0.144. The molecule has 3 unspecified atom stereocenters. The Morgan fingerprint density at radius 3 is 2.11 bits per heavy atom. The maximum absolute atomic E-state index is 6.91. The Labute approximate surface area is 335 Å². The van der Waals surface area contributed by atoms with Crippen molar-refractivity contribution in [3.05, 3.63) is 167 Å². The Bertz CT molecular complexity index is 2640. The van der Waals surface area contributed by atoms with Gasteiger partial charge in [-0.2, -0.15) is 0 Å². The minimum Gasteiger partial charge on any atom is -0.485 e. The van der Waals surface area contributed by atoms with Crippen molar-refractivity contribution in [3.8, 4) is 5.75 Å². The van der Waals surface area contributed by atoms with E-state index in [1.54, 1.807) is 0 Å². The van der Waals surface area contributed by atoms with Crippen LogP contribution in [0.4, 0.5) is 28.4 Å². The van der Waals surface area contributed by atoms with Crippen molar-refractivity contribution in [3.63, 3.8) is 0 Å². The highest BCUT2D eigenvalue weighted by molar-refractivity contribution is 6.88. The van der Waals surface area contributed by atoms with Gasteiger partial charge in [0.25, 0.3) is 0 Å². The molecule has 1 aliphatic heterocycles. The minimum atomic E-state index is -1.41. The Kier molecular flexibility index (Phi) is 9.26. The summed E-state index contributed by atoms with van der Waals surface area (Å²) in [5.41, 5.74) is 9.83. The molecule has 0 fully saturated rings. The lowest BCUT2D eigenvalue weighted by molar-refractivity contribution is 0.288. The van der Waals surface area contributed by atoms with Crippen LogP contribution in [0.25, 0.3) is 22.9 Å². The Hall–Kier alpha value is -5.37. The highest BCUT2D eigenvalue weighted by atomic mass is 28.3. The minimum absolute atomic E-state index is 0.0473. The van der Waals surface area contributed by atoms with Crippen molar-refractivity contribution >= 4 is 78.6 Å². The van der Waals surface area contributed by atoms with Crippen molar-refractivity contribution in [1.29, 1.82) is 0 Å². The SMILES string of the molecule is Cc1c(N(c2ccc([Si](C)(C)C)cc2)C2C=CC=CC2)ccc2c1=CC1Oc3cc4c(C)c(N(c5ccccc5)c5ccc([SiH](C)C)cc5)ccc4cc3C1C=2. The van der Waals surface area contributed by atoms with Crippen LogP contribution >= 0.6 is 0 Å². The predicted molar refractivity (Wildman–Crippen MR) is 247 cm³/mol. The number of aryl methyl sites for hydroxylation is 1. The van der Waals surface area contributed by atoms with Gasteiger partial charge < -0.3 is 14.5 Å². The van der Waals surface area contributed by atoms with Crippen LogP contribution in [0.2, 0.25) is 32.7 Å². The third-order valence-corrected chi connectivity index (χ3v) is 16.0. The van der Waals surface area contributed by atoms with Gasteiger partial charge in [0, 0.05) is 39.9 Å². The topological polar surface area (TPSA) is 15.7 Å². The summed E-state index contributed by atoms with van der Waals surface area (Å²) >= 11 is 0. The number of benzene rings is 6. The number of fused-ring (bicyclic) bond motifs is 5. The molecule has 2 aliphatic carbocycles. The summed E-state index contributed by atoms with van der Waals surface area (Å²) < 4.78 is 6.91. The van der Waals surface area contributed by atoms with Crippen LogP contribution < -0.4 is 35.3 Å². The Morgan fingerprint density at radius 1 is 0.696 bits per heavy atom. The van der Waals surface area contributed by atoms with Crippen LogP contribution in [0, 0.1) is 13.8 Å². The van der Waals surface area contributed by atoms with Crippen LogP contribution in [0.3, 0.4) is 0 Å². The summed E-state index contributed by atoms with van der Waals surface area (Å²) in [6, 6.07) is 43.6. The molecular formula is C51H52N2OSi2. The van der Waals surface area contributed by atoms with Gasteiger partial charge in [-0.3, -0.25) is 0 Å².